The molecule has 6 heteroatoms. The summed E-state index contributed by atoms with van der Waals surface area (Å²) in [6, 6.07) is 15.2. The fraction of sp³-hybridized carbons (Fsp3) is 0.381. The highest BCUT2D eigenvalue weighted by Gasteiger charge is 2.20. The van der Waals surface area contributed by atoms with E-state index in [9.17, 15) is 4.79 Å². The van der Waals surface area contributed by atoms with E-state index in [1.54, 1.807) is 12.1 Å². The molecule has 0 saturated carbocycles. The molecule has 1 unspecified atom stereocenters. The number of benzene rings is 2. The summed E-state index contributed by atoms with van der Waals surface area (Å²) >= 11 is 6.13. The van der Waals surface area contributed by atoms with Crippen molar-refractivity contribution in [2.75, 3.05) is 43.4 Å². The fourth-order valence-electron chi connectivity index (χ4n) is 3.06. The number of carbonyl (C=O) groups is 1. The van der Waals surface area contributed by atoms with Gasteiger partial charge in [0, 0.05) is 37.6 Å². The number of hydrogen-bond acceptors (Lipinski definition) is 4. The number of para-hydroxylation sites is 1. The highest BCUT2D eigenvalue weighted by atomic mass is 35.5. The minimum Gasteiger partial charge on any atom is -0.479 e. The minimum absolute atomic E-state index is 0.176. The third-order valence-electron chi connectivity index (χ3n) is 4.77. The van der Waals surface area contributed by atoms with E-state index >= 15 is 0 Å². The molecule has 2 aromatic rings. The van der Waals surface area contributed by atoms with Gasteiger partial charge in [-0.3, -0.25) is 4.79 Å². The number of halogens is 1. The minimum atomic E-state index is -0.595. The van der Waals surface area contributed by atoms with E-state index in [-0.39, 0.29) is 5.91 Å². The molecule has 1 fully saturated rings. The van der Waals surface area contributed by atoms with Crippen molar-refractivity contribution in [1.82, 2.24) is 4.90 Å². The summed E-state index contributed by atoms with van der Waals surface area (Å²) in [5.74, 6) is 0.344. The zero-order valence-corrected chi connectivity index (χ0v) is 16.6. The molecule has 1 N–H and O–H groups in total. The lowest BCUT2D eigenvalue weighted by atomic mass is 10.2. The van der Waals surface area contributed by atoms with E-state index in [2.05, 4.69) is 34.3 Å². The SMILES string of the molecule is CCC(Oc1ccccc1Cl)C(=O)Nc1ccc(N2CCN(C)CC2)cc1. The molecule has 1 saturated heterocycles. The predicted molar refractivity (Wildman–Crippen MR) is 111 cm³/mol. The van der Waals surface area contributed by atoms with E-state index in [4.69, 9.17) is 16.3 Å². The molecule has 1 aliphatic rings. The molecule has 2 aromatic carbocycles. The summed E-state index contributed by atoms with van der Waals surface area (Å²) in [4.78, 5) is 17.3. The molecule has 0 bridgehead atoms. The van der Waals surface area contributed by atoms with E-state index in [1.807, 2.05) is 31.2 Å². The molecule has 1 amide bonds. The van der Waals surface area contributed by atoms with Gasteiger partial charge in [-0.05, 0) is 49.9 Å². The molecule has 1 heterocycles. The normalized spacial score (nSPS) is 16.0. The first kappa shape index (κ1) is 19.5. The Kier molecular flexibility index (Phi) is 6.58. The van der Waals surface area contributed by atoms with Crippen LogP contribution in [0.2, 0.25) is 5.02 Å². The van der Waals surface area contributed by atoms with Crippen LogP contribution in [0.1, 0.15) is 13.3 Å². The summed E-state index contributed by atoms with van der Waals surface area (Å²) < 4.78 is 5.80. The quantitative estimate of drug-likeness (QED) is 0.816. The lowest BCUT2D eigenvalue weighted by Gasteiger charge is -2.34. The maximum atomic E-state index is 12.6. The topological polar surface area (TPSA) is 44.8 Å². The van der Waals surface area contributed by atoms with Gasteiger partial charge in [0.05, 0.1) is 5.02 Å². The van der Waals surface area contributed by atoms with Gasteiger partial charge in [-0.25, -0.2) is 0 Å². The Morgan fingerprint density at radius 1 is 1.11 bits per heavy atom. The van der Waals surface area contributed by atoms with Crippen LogP contribution in [0, 0.1) is 0 Å². The smallest absolute Gasteiger partial charge is 0.265 e. The van der Waals surface area contributed by atoms with Gasteiger partial charge in [-0.1, -0.05) is 30.7 Å². The molecule has 27 heavy (non-hydrogen) atoms. The van der Waals surface area contributed by atoms with Crippen LogP contribution < -0.4 is 15.0 Å². The van der Waals surface area contributed by atoms with Crippen LogP contribution in [0.4, 0.5) is 11.4 Å². The van der Waals surface area contributed by atoms with Crippen molar-refractivity contribution in [3.05, 3.63) is 53.6 Å². The van der Waals surface area contributed by atoms with Gasteiger partial charge in [0.2, 0.25) is 0 Å². The zero-order valence-electron chi connectivity index (χ0n) is 15.8. The monoisotopic (exact) mass is 387 g/mol. The van der Waals surface area contributed by atoms with Crippen LogP contribution in [-0.2, 0) is 4.79 Å². The van der Waals surface area contributed by atoms with Crippen LogP contribution in [0.15, 0.2) is 48.5 Å². The Morgan fingerprint density at radius 3 is 2.41 bits per heavy atom. The van der Waals surface area contributed by atoms with Crippen LogP contribution in [0.3, 0.4) is 0 Å². The number of anilines is 2. The Balaban J connectivity index is 1.60. The number of amides is 1. The molecule has 5 nitrogen and oxygen atoms in total. The molecule has 144 valence electrons. The highest BCUT2D eigenvalue weighted by Crippen LogP contribution is 2.25. The van der Waals surface area contributed by atoms with E-state index in [0.29, 0.717) is 17.2 Å². The van der Waals surface area contributed by atoms with Gasteiger partial charge < -0.3 is 19.9 Å². The van der Waals surface area contributed by atoms with Crippen molar-refractivity contribution in [3.63, 3.8) is 0 Å². The molecular formula is C21H26ClN3O2. The first-order chi connectivity index (χ1) is 13.1. The number of rotatable bonds is 6. The maximum absolute atomic E-state index is 12.6. The van der Waals surface area contributed by atoms with Crippen LogP contribution in [0.25, 0.3) is 0 Å². The second kappa shape index (κ2) is 9.11. The summed E-state index contributed by atoms with van der Waals surface area (Å²) in [7, 11) is 2.14. The van der Waals surface area contributed by atoms with Crippen LogP contribution in [0.5, 0.6) is 5.75 Å². The van der Waals surface area contributed by atoms with Gasteiger partial charge in [-0.2, -0.15) is 0 Å². The van der Waals surface area contributed by atoms with Crippen LogP contribution >= 0.6 is 11.6 Å². The summed E-state index contributed by atoms with van der Waals surface area (Å²) in [5.41, 5.74) is 1.94. The zero-order chi connectivity index (χ0) is 19.2. The number of nitrogens with one attached hydrogen (secondary N) is 1. The number of ether oxygens (including phenoxy) is 1. The molecule has 1 atom stereocenters. The second-order valence-electron chi connectivity index (χ2n) is 6.77. The average Bonchev–Trinajstić information content (AvgIpc) is 2.68. The number of carbonyl (C=O) groups excluding carboxylic acids is 1. The maximum Gasteiger partial charge on any atom is 0.265 e. The molecule has 1 aliphatic heterocycles. The van der Waals surface area contributed by atoms with Gasteiger partial charge >= 0.3 is 0 Å². The molecular weight excluding hydrogens is 362 g/mol. The standard InChI is InChI=1S/C21H26ClN3O2/c1-3-19(27-20-7-5-4-6-18(20)22)21(26)23-16-8-10-17(11-9-16)25-14-12-24(2)13-15-25/h4-11,19H,3,12-15H2,1-2H3,(H,23,26). The van der Waals surface area contributed by atoms with Gasteiger partial charge in [0.25, 0.3) is 5.91 Å². The van der Waals surface area contributed by atoms with Crippen molar-refractivity contribution in [1.29, 1.82) is 0 Å². The summed E-state index contributed by atoms with van der Waals surface area (Å²) in [5, 5.41) is 3.44. The number of piperazine rings is 1. The molecule has 0 aliphatic carbocycles. The Morgan fingerprint density at radius 2 is 1.78 bits per heavy atom. The van der Waals surface area contributed by atoms with Crippen LogP contribution in [-0.4, -0.2) is 50.1 Å². The Hall–Kier alpha value is -2.24. The first-order valence-corrected chi connectivity index (χ1v) is 9.70. The molecule has 0 aromatic heterocycles. The Bertz CT molecular complexity index is 758. The second-order valence-corrected chi connectivity index (χ2v) is 7.18. The number of likely N-dealkylation sites (N-methyl/N-ethyl adjacent to an activating group) is 1. The Labute approximate surface area is 165 Å². The molecule has 3 rings (SSSR count). The van der Waals surface area contributed by atoms with Crippen molar-refractivity contribution < 1.29 is 9.53 Å². The van der Waals surface area contributed by atoms with Crippen molar-refractivity contribution in [2.24, 2.45) is 0 Å². The van der Waals surface area contributed by atoms with E-state index in [1.165, 1.54) is 5.69 Å². The van der Waals surface area contributed by atoms with E-state index in [0.717, 1.165) is 31.9 Å². The van der Waals surface area contributed by atoms with Crippen molar-refractivity contribution in [2.45, 2.75) is 19.4 Å². The van der Waals surface area contributed by atoms with Gasteiger partial charge in [-0.15, -0.1) is 0 Å². The lowest BCUT2D eigenvalue weighted by molar-refractivity contribution is -0.122. The van der Waals surface area contributed by atoms with Crippen molar-refractivity contribution in [3.8, 4) is 5.75 Å². The fourth-order valence-corrected chi connectivity index (χ4v) is 3.24. The summed E-state index contributed by atoms with van der Waals surface area (Å²) in [6.45, 7) is 6.08. The summed E-state index contributed by atoms with van der Waals surface area (Å²) in [6.07, 6.45) is -0.0432. The third-order valence-corrected chi connectivity index (χ3v) is 5.08. The largest absolute Gasteiger partial charge is 0.479 e. The number of nitrogens with zero attached hydrogens (tertiary/aromatic N) is 2. The number of hydrogen-bond donors (Lipinski definition) is 1. The van der Waals surface area contributed by atoms with Gasteiger partial charge in [0.1, 0.15) is 5.75 Å². The first-order valence-electron chi connectivity index (χ1n) is 9.32. The molecule has 0 spiro atoms. The van der Waals surface area contributed by atoms with E-state index < -0.39 is 6.10 Å². The average molecular weight is 388 g/mol. The molecule has 0 radical (unpaired) electrons. The third kappa shape index (κ3) is 5.15. The van der Waals surface area contributed by atoms with Crippen molar-refractivity contribution >= 4 is 28.9 Å². The van der Waals surface area contributed by atoms with Gasteiger partial charge in [0.15, 0.2) is 6.10 Å². The lowest BCUT2D eigenvalue weighted by Crippen LogP contribution is -2.44. The highest BCUT2D eigenvalue weighted by molar-refractivity contribution is 6.32. The predicted octanol–water partition coefficient (Wildman–Crippen LogP) is 3.89.